The number of hydrogen-bond donors (Lipinski definition) is 2. The minimum Gasteiger partial charge on any atom is -0.507 e. The van der Waals surface area contributed by atoms with Crippen molar-refractivity contribution in [3.63, 3.8) is 0 Å². The maximum atomic E-state index is 12.7. The Kier molecular flexibility index (Phi) is 6.70. The van der Waals surface area contributed by atoms with Gasteiger partial charge in [-0.05, 0) is 67.2 Å². The summed E-state index contributed by atoms with van der Waals surface area (Å²) in [6.07, 6.45) is 3.06. The number of benzene rings is 2. The first-order valence-electron chi connectivity index (χ1n) is 10.4. The van der Waals surface area contributed by atoms with Crippen LogP contribution in [-0.2, 0) is 10.8 Å². The average Bonchev–Trinajstić information content (AvgIpc) is 2.59. The predicted octanol–water partition coefficient (Wildman–Crippen LogP) is 6.25. The predicted molar refractivity (Wildman–Crippen MR) is 125 cm³/mol. The van der Waals surface area contributed by atoms with E-state index in [1.807, 2.05) is 19.9 Å². The van der Waals surface area contributed by atoms with Gasteiger partial charge in [-0.1, -0.05) is 41.5 Å². The minimum atomic E-state index is -0.274. The Hall–Kier alpha value is -2.75. The summed E-state index contributed by atoms with van der Waals surface area (Å²) in [5.74, 6) is 0.597. The van der Waals surface area contributed by atoms with E-state index < -0.39 is 0 Å². The maximum Gasteiger partial charge on any atom is 0.185 e. The number of nitrogens with two attached hydrogens (primary N) is 1. The quantitative estimate of drug-likeness (QED) is 0.348. The molecule has 2 rings (SSSR count). The smallest absolute Gasteiger partial charge is 0.185 e. The summed E-state index contributed by atoms with van der Waals surface area (Å²) >= 11 is 0. The lowest BCUT2D eigenvalue weighted by Crippen LogP contribution is -2.20. The normalized spacial score (nSPS) is 12.6. The van der Waals surface area contributed by atoms with Crippen LogP contribution in [0.1, 0.15) is 82.4 Å². The molecule has 0 atom stereocenters. The van der Waals surface area contributed by atoms with Gasteiger partial charge in [-0.3, -0.25) is 4.79 Å². The molecule has 0 aliphatic rings. The van der Waals surface area contributed by atoms with Crippen LogP contribution in [-0.4, -0.2) is 17.0 Å². The molecule has 0 bridgehead atoms. The summed E-state index contributed by atoms with van der Waals surface area (Å²) in [5.41, 5.74) is 8.73. The van der Waals surface area contributed by atoms with Crippen LogP contribution >= 0.6 is 0 Å². The third-order valence-corrected chi connectivity index (χ3v) is 4.85. The van der Waals surface area contributed by atoms with Crippen molar-refractivity contribution in [1.29, 1.82) is 0 Å². The lowest BCUT2D eigenvalue weighted by atomic mass is 9.78. The molecular weight excluding hydrogens is 374 g/mol. The number of rotatable bonds is 5. The molecule has 3 N–H and O–H groups in total. The van der Waals surface area contributed by atoms with Crippen molar-refractivity contribution in [3.8, 4) is 11.5 Å². The molecule has 0 amide bonds. The van der Waals surface area contributed by atoms with Crippen LogP contribution in [0.25, 0.3) is 6.08 Å². The molecule has 0 saturated heterocycles. The SMILES string of the molecule is CC(C)Oc1c(C(C)(C)C)cc(C(C)(C)C)c(O)c1/C=C/C(=O)c1ccc(N)cc1. The van der Waals surface area contributed by atoms with E-state index in [1.165, 1.54) is 6.08 Å². The Balaban J connectivity index is 2.70. The van der Waals surface area contributed by atoms with E-state index in [9.17, 15) is 9.90 Å². The summed E-state index contributed by atoms with van der Waals surface area (Å²) in [4.78, 5) is 12.7. The van der Waals surface area contributed by atoms with Crippen molar-refractivity contribution in [2.45, 2.75) is 72.3 Å². The molecule has 0 unspecified atom stereocenters. The molecular formula is C26H35NO3. The number of phenolic OH excluding ortho intramolecular Hbond substituents is 1. The molecule has 4 heteroatoms. The molecule has 2 aromatic carbocycles. The van der Waals surface area contributed by atoms with Gasteiger partial charge >= 0.3 is 0 Å². The van der Waals surface area contributed by atoms with Crippen LogP contribution in [0.3, 0.4) is 0 Å². The van der Waals surface area contributed by atoms with Gasteiger partial charge in [0.2, 0.25) is 0 Å². The first kappa shape index (κ1) is 23.5. The molecule has 162 valence electrons. The molecule has 30 heavy (non-hydrogen) atoms. The van der Waals surface area contributed by atoms with Crippen molar-refractivity contribution in [2.24, 2.45) is 0 Å². The van der Waals surface area contributed by atoms with E-state index in [2.05, 4.69) is 41.5 Å². The number of allylic oxidation sites excluding steroid dienone is 1. The topological polar surface area (TPSA) is 72.5 Å². The highest BCUT2D eigenvalue weighted by Gasteiger charge is 2.29. The fraction of sp³-hybridized carbons (Fsp3) is 0.423. The fourth-order valence-electron chi connectivity index (χ4n) is 3.22. The molecule has 4 nitrogen and oxygen atoms in total. The second-order valence-electron chi connectivity index (χ2n) is 10.0. The summed E-state index contributed by atoms with van der Waals surface area (Å²) in [6, 6.07) is 8.82. The zero-order valence-electron chi connectivity index (χ0n) is 19.5. The van der Waals surface area contributed by atoms with Gasteiger partial charge in [0.05, 0.1) is 11.7 Å². The van der Waals surface area contributed by atoms with E-state index in [4.69, 9.17) is 10.5 Å². The summed E-state index contributed by atoms with van der Waals surface area (Å²) < 4.78 is 6.17. The number of nitrogen functional groups attached to an aromatic ring is 1. The Morgan fingerprint density at radius 2 is 1.53 bits per heavy atom. The van der Waals surface area contributed by atoms with Gasteiger partial charge in [0.25, 0.3) is 0 Å². The van der Waals surface area contributed by atoms with E-state index in [0.29, 0.717) is 22.6 Å². The molecule has 0 aliphatic carbocycles. The molecule has 0 heterocycles. The largest absolute Gasteiger partial charge is 0.507 e. The van der Waals surface area contributed by atoms with Crippen LogP contribution in [0, 0.1) is 0 Å². The first-order chi connectivity index (χ1) is 13.7. The number of carbonyl (C=O) groups excluding carboxylic acids is 1. The average molecular weight is 410 g/mol. The third-order valence-electron chi connectivity index (χ3n) is 4.85. The van der Waals surface area contributed by atoms with Gasteiger partial charge in [0, 0.05) is 22.4 Å². The number of aromatic hydroxyl groups is 1. The van der Waals surface area contributed by atoms with Crippen molar-refractivity contribution in [1.82, 2.24) is 0 Å². The monoisotopic (exact) mass is 409 g/mol. The Bertz CT molecular complexity index is 940. The number of carbonyl (C=O) groups is 1. The second kappa shape index (κ2) is 8.55. The van der Waals surface area contributed by atoms with Crippen LogP contribution in [0.5, 0.6) is 11.5 Å². The van der Waals surface area contributed by atoms with Crippen molar-refractivity contribution in [2.75, 3.05) is 5.73 Å². The van der Waals surface area contributed by atoms with Crippen LogP contribution in [0.15, 0.2) is 36.4 Å². The van der Waals surface area contributed by atoms with Gasteiger partial charge < -0.3 is 15.6 Å². The third kappa shape index (κ3) is 5.44. The Morgan fingerprint density at radius 3 is 2.00 bits per heavy atom. The van der Waals surface area contributed by atoms with Crippen molar-refractivity contribution < 1.29 is 14.6 Å². The van der Waals surface area contributed by atoms with Gasteiger partial charge in [0.1, 0.15) is 11.5 Å². The van der Waals surface area contributed by atoms with Gasteiger partial charge in [-0.25, -0.2) is 0 Å². The highest BCUT2D eigenvalue weighted by molar-refractivity contribution is 6.07. The number of ketones is 1. The van der Waals surface area contributed by atoms with Gasteiger partial charge in [-0.15, -0.1) is 0 Å². The second-order valence-corrected chi connectivity index (χ2v) is 10.0. The van der Waals surface area contributed by atoms with E-state index in [1.54, 1.807) is 30.3 Å². The molecule has 2 aromatic rings. The Labute approximate surface area is 180 Å². The Morgan fingerprint density at radius 1 is 1.00 bits per heavy atom. The van der Waals surface area contributed by atoms with E-state index >= 15 is 0 Å². The molecule has 0 aromatic heterocycles. The molecule has 0 radical (unpaired) electrons. The highest BCUT2D eigenvalue weighted by atomic mass is 16.5. The van der Waals surface area contributed by atoms with Crippen LogP contribution < -0.4 is 10.5 Å². The number of phenols is 1. The molecule has 0 spiro atoms. The summed E-state index contributed by atoms with van der Waals surface area (Å²) in [5, 5.41) is 11.2. The van der Waals surface area contributed by atoms with Crippen LogP contribution in [0.4, 0.5) is 5.69 Å². The van der Waals surface area contributed by atoms with Gasteiger partial charge in [0.15, 0.2) is 5.78 Å². The number of anilines is 1. The van der Waals surface area contributed by atoms with Crippen molar-refractivity contribution >= 4 is 17.5 Å². The minimum absolute atomic E-state index is 0.0778. The zero-order valence-corrected chi connectivity index (χ0v) is 19.5. The lowest BCUT2D eigenvalue weighted by molar-refractivity contribution is 0.104. The number of hydrogen-bond acceptors (Lipinski definition) is 4. The lowest BCUT2D eigenvalue weighted by Gasteiger charge is -2.30. The summed E-state index contributed by atoms with van der Waals surface area (Å²) in [6.45, 7) is 16.4. The molecule has 0 fully saturated rings. The number of ether oxygens (including phenoxy) is 1. The molecule has 0 saturated carbocycles. The fourth-order valence-corrected chi connectivity index (χ4v) is 3.22. The summed E-state index contributed by atoms with van der Waals surface area (Å²) in [7, 11) is 0. The molecule has 0 aliphatic heterocycles. The zero-order chi connectivity index (χ0) is 22.9. The highest BCUT2D eigenvalue weighted by Crippen LogP contribution is 2.45. The maximum absolute atomic E-state index is 12.7. The van der Waals surface area contributed by atoms with E-state index in [0.717, 1.165) is 11.1 Å². The van der Waals surface area contributed by atoms with Crippen molar-refractivity contribution in [3.05, 3.63) is 58.7 Å². The van der Waals surface area contributed by atoms with Crippen LogP contribution in [0.2, 0.25) is 0 Å². The van der Waals surface area contributed by atoms with E-state index in [-0.39, 0.29) is 28.5 Å². The first-order valence-corrected chi connectivity index (χ1v) is 10.4. The standard InChI is InChI=1S/C26H35NO3/c1-16(2)30-24-19(13-14-22(28)17-9-11-18(27)12-10-17)23(29)20(25(3,4)5)15-21(24)26(6,7)8/h9-16,29H,27H2,1-8H3/b14-13+. The van der Waals surface area contributed by atoms with Gasteiger partial charge in [-0.2, -0.15) is 0 Å².